The molecule has 4 nitrogen and oxygen atoms in total. The molecule has 3 unspecified atom stereocenters. The van der Waals surface area contributed by atoms with Crippen LogP contribution in [0.1, 0.15) is 39.5 Å². The summed E-state index contributed by atoms with van der Waals surface area (Å²) in [6.45, 7) is 4.15. The molecule has 0 aromatic carbocycles. The average molecular weight is 225 g/mol. The molecular formula is C12H23N3O. The predicted octanol–water partition coefficient (Wildman–Crippen LogP) is 0.450. The molecule has 0 aromatic heterocycles. The first-order valence-corrected chi connectivity index (χ1v) is 6.33. The summed E-state index contributed by atoms with van der Waals surface area (Å²) < 4.78 is 0. The van der Waals surface area contributed by atoms with Crippen molar-refractivity contribution >= 4 is 5.91 Å². The number of piperidine rings is 1. The van der Waals surface area contributed by atoms with Crippen molar-refractivity contribution in [3.63, 3.8) is 0 Å². The van der Waals surface area contributed by atoms with E-state index in [0.29, 0.717) is 18.1 Å². The third-order valence-electron chi connectivity index (χ3n) is 4.07. The minimum atomic E-state index is -0.178. The molecule has 4 heteroatoms. The Hall–Kier alpha value is -0.610. The normalized spacial score (nSPS) is 36.6. The van der Waals surface area contributed by atoms with E-state index < -0.39 is 0 Å². The van der Waals surface area contributed by atoms with Crippen LogP contribution < -0.4 is 11.5 Å². The van der Waals surface area contributed by atoms with E-state index >= 15 is 0 Å². The van der Waals surface area contributed by atoms with E-state index in [-0.39, 0.29) is 17.9 Å². The molecule has 2 aliphatic rings. The van der Waals surface area contributed by atoms with Crippen LogP contribution in [0.5, 0.6) is 0 Å². The zero-order valence-electron chi connectivity index (χ0n) is 10.2. The topological polar surface area (TPSA) is 72.4 Å². The number of fused-ring (bicyclic) bond motifs is 2. The van der Waals surface area contributed by atoms with Crippen LogP contribution in [0.3, 0.4) is 0 Å². The molecule has 2 fully saturated rings. The first kappa shape index (κ1) is 11.9. The molecule has 2 heterocycles. The Morgan fingerprint density at radius 2 is 1.75 bits per heavy atom. The van der Waals surface area contributed by atoms with Crippen molar-refractivity contribution in [1.82, 2.24) is 4.90 Å². The second kappa shape index (κ2) is 4.34. The van der Waals surface area contributed by atoms with Gasteiger partial charge in [0.05, 0.1) is 6.04 Å². The molecule has 0 spiro atoms. The number of hydrogen-bond donors (Lipinski definition) is 2. The quantitative estimate of drug-likeness (QED) is 0.732. The lowest BCUT2D eigenvalue weighted by Gasteiger charge is -2.43. The second-order valence-corrected chi connectivity index (χ2v) is 5.65. The number of carbonyl (C=O) groups excluding carboxylic acids is 1. The summed E-state index contributed by atoms with van der Waals surface area (Å²) in [4.78, 5) is 13.9. The molecule has 2 rings (SSSR count). The Morgan fingerprint density at radius 1 is 1.25 bits per heavy atom. The van der Waals surface area contributed by atoms with Crippen LogP contribution in [-0.4, -0.2) is 35.0 Å². The Morgan fingerprint density at radius 3 is 2.12 bits per heavy atom. The van der Waals surface area contributed by atoms with Gasteiger partial charge in [-0.05, 0) is 31.6 Å². The fourth-order valence-corrected chi connectivity index (χ4v) is 3.53. The summed E-state index contributed by atoms with van der Waals surface area (Å²) in [7, 11) is 0. The van der Waals surface area contributed by atoms with E-state index in [2.05, 4.69) is 18.7 Å². The summed E-state index contributed by atoms with van der Waals surface area (Å²) in [5, 5.41) is 0. The third-order valence-corrected chi connectivity index (χ3v) is 4.07. The summed E-state index contributed by atoms with van der Waals surface area (Å²) in [5.41, 5.74) is 11.6. The summed E-state index contributed by atoms with van der Waals surface area (Å²) in [6.07, 6.45) is 4.39. The Labute approximate surface area is 97.3 Å². The van der Waals surface area contributed by atoms with Gasteiger partial charge in [0.1, 0.15) is 0 Å². The molecule has 16 heavy (non-hydrogen) atoms. The molecule has 0 aromatic rings. The fraction of sp³-hybridized carbons (Fsp3) is 0.917. The molecule has 92 valence electrons. The van der Waals surface area contributed by atoms with E-state index in [1.807, 2.05) is 0 Å². The van der Waals surface area contributed by atoms with Crippen LogP contribution in [0.15, 0.2) is 0 Å². The van der Waals surface area contributed by atoms with Crippen LogP contribution in [-0.2, 0) is 4.79 Å². The largest absolute Gasteiger partial charge is 0.368 e. The average Bonchev–Trinajstić information content (AvgIpc) is 2.44. The number of nitrogens with two attached hydrogens (primary N) is 2. The number of amides is 1. The van der Waals surface area contributed by atoms with Gasteiger partial charge in [0.25, 0.3) is 0 Å². The van der Waals surface area contributed by atoms with Crippen molar-refractivity contribution in [1.29, 1.82) is 0 Å². The fourth-order valence-electron chi connectivity index (χ4n) is 3.53. The van der Waals surface area contributed by atoms with E-state index in [4.69, 9.17) is 11.5 Å². The van der Waals surface area contributed by atoms with Crippen LogP contribution in [0.4, 0.5) is 0 Å². The maximum Gasteiger partial charge on any atom is 0.235 e. The number of nitrogens with zero attached hydrogens (tertiary/aromatic N) is 1. The lowest BCUT2D eigenvalue weighted by atomic mass is 9.92. The number of hydrogen-bond acceptors (Lipinski definition) is 3. The van der Waals surface area contributed by atoms with Crippen LogP contribution >= 0.6 is 0 Å². The number of primary amides is 1. The zero-order chi connectivity index (χ0) is 11.9. The van der Waals surface area contributed by atoms with Gasteiger partial charge in [-0.3, -0.25) is 9.69 Å². The van der Waals surface area contributed by atoms with Crippen LogP contribution in [0.25, 0.3) is 0 Å². The SMILES string of the molecule is CC(C)C(C(N)=O)N1C2CCC1CC(N)C2. The molecule has 3 atom stereocenters. The molecule has 1 amide bonds. The molecule has 2 saturated heterocycles. The monoisotopic (exact) mass is 225 g/mol. The predicted molar refractivity (Wildman–Crippen MR) is 63.7 cm³/mol. The third kappa shape index (κ3) is 1.96. The van der Waals surface area contributed by atoms with Crippen LogP contribution in [0, 0.1) is 5.92 Å². The maximum atomic E-state index is 11.6. The van der Waals surface area contributed by atoms with Gasteiger partial charge in [-0.1, -0.05) is 13.8 Å². The Bertz CT molecular complexity index is 265. The van der Waals surface area contributed by atoms with Crippen molar-refractivity contribution in [3.05, 3.63) is 0 Å². The van der Waals surface area contributed by atoms with Crippen molar-refractivity contribution in [2.45, 2.75) is 63.7 Å². The van der Waals surface area contributed by atoms with Crippen molar-refractivity contribution in [2.24, 2.45) is 17.4 Å². The van der Waals surface area contributed by atoms with Crippen molar-refractivity contribution < 1.29 is 4.79 Å². The lowest BCUT2D eigenvalue weighted by Crippen LogP contribution is -2.57. The second-order valence-electron chi connectivity index (χ2n) is 5.65. The molecule has 0 aliphatic carbocycles. The van der Waals surface area contributed by atoms with Crippen LogP contribution in [0.2, 0.25) is 0 Å². The highest BCUT2D eigenvalue weighted by Crippen LogP contribution is 2.37. The van der Waals surface area contributed by atoms with Gasteiger partial charge in [-0.15, -0.1) is 0 Å². The lowest BCUT2D eigenvalue weighted by molar-refractivity contribution is -0.127. The molecule has 0 radical (unpaired) electrons. The number of rotatable bonds is 3. The van der Waals surface area contributed by atoms with Gasteiger partial charge in [0.2, 0.25) is 5.91 Å². The standard InChI is InChI=1S/C12H23N3O/c1-7(2)11(12(14)16)15-9-3-4-10(15)6-8(13)5-9/h7-11H,3-6,13H2,1-2H3,(H2,14,16). The molecule has 2 aliphatic heterocycles. The molecule has 2 bridgehead atoms. The van der Waals surface area contributed by atoms with Crippen molar-refractivity contribution in [2.75, 3.05) is 0 Å². The molecule has 0 saturated carbocycles. The Kier molecular flexibility index (Phi) is 3.22. The van der Waals surface area contributed by atoms with Gasteiger partial charge >= 0.3 is 0 Å². The van der Waals surface area contributed by atoms with Gasteiger partial charge < -0.3 is 11.5 Å². The summed E-state index contributed by atoms with van der Waals surface area (Å²) in [6, 6.07) is 1.17. The van der Waals surface area contributed by atoms with Crippen molar-refractivity contribution in [3.8, 4) is 0 Å². The highest BCUT2D eigenvalue weighted by atomic mass is 16.1. The first-order chi connectivity index (χ1) is 7.50. The minimum absolute atomic E-state index is 0.106. The maximum absolute atomic E-state index is 11.6. The molecular weight excluding hydrogens is 202 g/mol. The first-order valence-electron chi connectivity index (χ1n) is 6.33. The minimum Gasteiger partial charge on any atom is -0.368 e. The van der Waals surface area contributed by atoms with E-state index in [9.17, 15) is 4.79 Å². The van der Waals surface area contributed by atoms with Gasteiger partial charge in [-0.2, -0.15) is 0 Å². The van der Waals surface area contributed by atoms with E-state index in [1.54, 1.807) is 0 Å². The number of carbonyl (C=O) groups is 1. The molecule has 4 N–H and O–H groups in total. The zero-order valence-corrected chi connectivity index (χ0v) is 10.2. The van der Waals surface area contributed by atoms with Gasteiger partial charge in [0.15, 0.2) is 0 Å². The smallest absolute Gasteiger partial charge is 0.235 e. The van der Waals surface area contributed by atoms with E-state index in [1.165, 1.54) is 12.8 Å². The Balaban J connectivity index is 2.17. The van der Waals surface area contributed by atoms with E-state index in [0.717, 1.165) is 12.8 Å². The highest BCUT2D eigenvalue weighted by molar-refractivity contribution is 5.80. The van der Waals surface area contributed by atoms with Gasteiger partial charge in [0, 0.05) is 18.1 Å². The van der Waals surface area contributed by atoms with Gasteiger partial charge in [-0.25, -0.2) is 0 Å². The summed E-state index contributed by atoms with van der Waals surface area (Å²) >= 11 is 0. The highest BCUT2D eigenvalue weighted by Gasteiger charge is 2.45. The summed E-state index contributed by atoms with van der Waals surface area (Å²) in [5.74, 6) is 0.109.